The fourth-order valence-corrected chi connectivity index (χ4v) is 13.2. The van der Waals surface area contributed by atoms with Crippen molar-refractivity contribution in [3.63, 3.8) is 0 Å². The van der Waals surface area contributed by atoms with Gasteiger partial charge in [-0.1, -0.05) is 97.1 Å². The molecule has 17 rings (SSSR count). The first-order chi connectivity index (χ1) is 43.6. The van der Waals surface area contributed by atoms with Crippen LogP contribution in [-0.2, 0) is 0 Å². The van der Waals surface area contributed by atoms with E-state index in [0.29, 0.717) is 0 Å². The molecule has 8 bridgehead atoms. The van der Waals surface area contributed by atoms with Gasteiger partial charge >= 0.3 is 0 Å². The average molecular weight is 1130 g/mol. The highest BCUT2D eigenvalue weighted by atomic mass is 15.0. The van der Waals surface area contributed by atoms with E-state index < -0.39 is 0 Å². The maximum Gasteiger partial charge on any atom is 0.218 e. The lowest BCUT2D eigenvalue weighted by Crippen LogP contribution is -2.30. The summed E-state index contributed by atoms with van der Waals surface area (Å²) in [5.74, 6) is 0. The van der Waals surface area contributed by atoms with Gasteiger partial charge in [-0.05, 0) is 119 Å². The molecule has 8 aromatic carbocycles. The first-order valence-electron chi connectivity index (χ1n) is 29.8. The lowest BCUT2D eigenvalue weighted by molar-refractivity contribution is -0.567. The van der Waals surface area contributed by atoms with Crippen LogP contribution in [0, 0.1) is 0 Å². The standard InChI is InChI=1S/C80H54N8/c1-5-33-73-53(17-1)25-13-45-85(73)61-29-9-21-57(49-61)77-65-37-39-67(81-65)78(58-22-10-30-62(50-58)86-46-14-26-54-18-2-6-34-74(54)86)69-41-43-71(83-69)80(60-24-12-32-64(52-60)88-48-16-28-56-20-4-8-36-76(56)88)72-44-42-70(84-72)79(68-40-38-66(77)82-68)59-23-11-31-63(51-59)87-47-15-27-55-19-3-7-35-75(55)87/h1-52,81,84H/q+4. The van der Waals surface area contributed by atoms with Gasteiger partial charge in [-0.25, -0.2) is 9.97 Å². The minimum absolute atomic E-state index is 0.832. The molecule has 0 spiro atoms. The van der Waals surface area contributed by atoms with Gasteiger partial charge in [0.1, 0.15) is 0 Å². The topological polar surface area (TPSA) is 72.9 Å². The molecule has 9 heterocycles. The Morgan fingerprint density at radius 1 is 0.227 bits per heavy atom. The summed E-state index contributed by atoms with van der Waals surface area (Å²) in [5.41, 5.74) is 23.6. The number of rotatable bonds is 8. The molecule has 2 N–H and O–H groups in total. The van der Waals surface area contributed by atoms with Crippen molar-refractivity contribution in [1.29, 1.82) is 0 Å². The maximum atomic E-state index is 5.77. The summed E-state index contributed by atoms with van der Waals surface area (Å²) in [6.45, 7) is 0. The number of aromatic nitrogens is 8. The summed E-state index contributed by atoms with van der Waals surface area (Å²) in [4.78, 5) is 19.6. The van der Waals surface area contributed by atoms with E-state index in [4.69, 9.17) is 9.97 Å². The Morgan fingerprint density at radius 3 is 0.727 bits per heavy atom. The van der Waals surface area contributed by atoms with Crippen molar-refractivity contribution in [1.82, 2.24) is 19.9 Å². The largest absolute Gasteiger partial charge is 0.354 e. The highest BCUT2D eigenvalue weighted by molar-refractivity contribution is 6.00. The van der Waals surface area contributed by atoms with E-state index in [9.17, 15) is 0 Å². The highest BCUT2D eigenvalue weighted by Gasteiger charge is 2.24. The van der Waals surface area contributed by atoms with Crippen LogP contribution in [0.5, 0.6) is 0 Å². The van der Waals surface area contributed by atoms with Crippen molar-refractivity contribution >= 4 is 90.0 Å². The van der Waals surface area contributed by atoms with Crippen LogP contribution in [0.3, 0.4) is 0 Å². The molecule has 8 nitrogen and oxygen atoms in total. The summed E-state index contributed by atoms with van der Waals surface area (Å²) < 4.78 is 9.07. The van der Waals surface area contributed by atoms with E-state index in [2.05, 4.69) is 344 Å². The predicted molar refractivity (Wildman–Crippen MR) is 357 cm³/mol. The number of aromatic amines is 2. The molecule has 15 aromatic rings. The van der Waals surface area contributed by atoms with Gasteiger partial charge in [0.25, 0.3) is 0 Å². The molecule has 8 heteroatoms. The van der Waals surface area contributed by atoms with Crippen LogP contribution in [0.15, 0.2) is 292 Å². The van der Waals surface area contributed by atoms with Gasteiger partial charge in [0.2, 0.25) is 44.8 Å². The zero-order valence-electron chi connectivity index (χ0n) is 47.7. The fraction of sp³-hybridized carbons (Fsp3) is 0. The molecule has 410 valence electrons. The molecule has 2 aliphatic heterocycles. The van der Waals surface area contributed by atoms with E-state index in [1.165, 1.54) is 0 Å². The van der Waals surface area contributed by atoms with Gasteiger partial charge in [-0.3, -0.25) is 0 Å². The van der Waals surface area contributed by atoms with E-state index in [1.54, 1.807) is 0 Å². The molecule has 0 saturated carbocycles. The SMILES string of the molecule is C1=Cc2nc1c(-c1cccc(-[n+]3cccc4ccccc43)c1)c1ccc([nH]1)c(-c1cccc(-[n+]3cccc4ccccc43)c1)c1nc(c(-c3cccc(-[n+]4cccc5ccccc54)c3)c3ccc([nH]3)c2-c2cccc(-[n+]3cccc4ccccc43)c2)C=C1. The van der Waals surface area contributed by atoms with Crippen LogP contribution in [0.4, 0.5) is 0 Å². The Kier molecular flexibility index (Phi) is 12.0. The summed E-state index contributed by atoms with van der Waals surface area (Å²) in [7, 11) is 0. The maximum absolute atomic E-state index is 5.77. The van der Waals surface area contributed by atoms with Crippen molar-refractivity contribution in [2.24, 2.45) is 0 Å². The van der Waals surface area contributed by atoms with Gasteiger partial charge < -0.3 is 9.97 Å². The van der Waals surface area contributed by atoms with E-state index in [-0.39, 0.29) is 0 Å². The van der Waals surface area contributed by atoms with E-state index in [1.807, 2.05) is 0 Å². The van der Waals surface area contributed by atoms with Gasteiger partial charge in [-0.15, -0.1) is 0 Å². The minimum atomic E-state index is 0.832. The number of para-hydroxylation sites is 4. The third-order valence-electron chi connectivity index (χ3n) is 17.2. The molecule has 88 heavy (non-hydrogen) atoms. The normalized spacial score (nSPS) is 12.0. The Bertz CT molecular complexity index is 4910. The van der Waals surface area contributed by atoms with E-state index >= 15 is 0 Å². The van der Waals surface area contributed by atoms with E-state index in [0.717, 1.165) is 156 Å². The molecular weight excluding hydrogens is 1070 g/mol. The van der Waals surface area contributed by atoms with Crippen molar-refractivity contribution in [2.75, 3.05) is 0 Å². The van der Waals surface area contributed by atoms with Crippen molar-refractivity contribution in [2.45, 2.75) is 0 Å². The van der Waals surface area contributed by atoms with Gasteiger partial charge in [-0.2, -0.15) is 18.3 Å². The Balaban J connectivity index is 0.970. The summed E-state index contributed by atoms with van der Waals surface area (Å²) in [6.07, 6.45) is 17.3. The predicted octanol–water partition coefficient (Wildman–Crippen LogP) is 17.0. The monoisotopic (exact) mass is 1130 g/mol. The third-order valence-corrected chi connectivity index (χ3v) is 17.2. The van der Waals surface area contributed by atoms with Crippen LogP contribution < -0.4 is 18.3 Å². The lowest BCUT2D eigenvalue weighted by atomic mass is 10.0. The first-order valence-corrected chi connectivity index (χ1v) is 29.8. The van der Waals surface area contributed by atoms with Crippen molar-refractivity contribution in [3.05, 3.63) is 314 Å². The highest BCUT2D eigenvalue weighted by Crippen LogP contribution is 2.40. The summed E-state index contributed by atoms with van der Waals surface area (Å²) in [5, 5.41) is 4.65. The third kappa shape index (κ3) is 8.77. The zero-order valence-corrected chi connectivity index (χ0v) is 47.7. The molecule has 0 radical (unpaired) electrons. The average Bonchev–Trinajstić information content (AvgIpc) is 2.70. The molecule has 0 unspecified atom stereocenters. The lowest BCUT2D eigenvalue weighted by Gasteiger charge is -2.08. The number of nitrogens with one attached hydrogen (secondary N) is 2. The second kappa shape index (κ2) is 21.0. The second-order valence-electron chi connectivity index (χ2n) is 22.5. The molecule has 0 atom stereocenters. The van der Waals surface area contributed by atoms with Crippen LogP contribution in [0.1, 0.15) is 22.8 Å². The quantitative estimate of drug-likeness (QED) is 0.149. The number of benzene rings is 8. The number of fused-ring (bicyclic) bond motifs is 12. The second-order valence-corrected chi connectivity index (χ2v) is 22.5. The smallest absolute Gasteiger partial charge is 0.218 e. The van der Waals surface area contributed by atoms with Gasteiger partial charge in [0.05, 0.1) is 22.8 Å². The first kappa shape index (κ1) is 50.5. The zero-order chi connectivity index (χ0) is 58.1. The molecule has 0 aliphatic carbocycles. The van der Waals surface area contributed by atoms with Crippen molar-refractivity contribution in [3.8, 4) is 67.3 Å². The Labute approximate surface area is 507 Å². The summed E-state index contributed by atoms with van der Waals surface area (Å²) >= 11 is 0. The van der Waals surface area contributed by atoms with Crippen LogP contribution >= 0.6 is 0 Å². The Hall–Kier alpha value is -12.0. The minimum Gasteiger partial charge on any atom is -0.354 e. The van der Waals surface area contributed by atoms with Crippen LogP contribution in [0.25, 0.3) is 157 Å². The fourth-order valence-electron chi connectivity index (χ4n) is 13.2. The number of hydrogen-bond donors (Lipinski definition) is 2. The van der Waals surface area contributed by atoms with Crippen LogP contribution in [-0.4, -0.2) is 19.9 Å². The number of pyridine rings is 4. The van der Waals surface area contributed by atoms with Gasteiger partial charge in [0, 0.05) is 163 Å². The molecule has 0 fully saturated rings. The number of hydrogen-bond acceptors (Lipinski definition) is 2. The van der Waals surface area contributed by atoms with Gasteiger partial charge in [0.15, 0.2) is 24.8 Å². The molecule has 0 saturated heterocycles. The molecular formula is C80H54N8+4. The molecule has 7 aromatic heterocycles. The Morgan fingerprint density at radius 2 is 0.466 bits per heavy atom. The number of nitrogens with zero attached hydrogens (tertiary/aromatic N) is 6. The molecule has 2 aliphatic rings. The number of H-pyrrole nitrogens is 2. The molecule has 0 amide bonds. The van der Waals surface area contributed by atoms with Crippen molar-refractivity contribution < 1.29 is 18.3 Å². The summed E-state index contributed by atoms with van der Waals surface area (Å²) in [6, 6.07) is 95.4. The van der Waals surface area contributed by atoms with Crippen LogP contribution in [0.2, 0.25) is 0 Å².